The molecule has 2 aliphatic rings. The van der Waals surface area contributed by atoms with Crippen LogP contribution in [0.4, 0.5) is 0 Å². The van der Waals surface area contributed by atoms with Crippen molar-refractivity contribution in [1.82, 2.24) is 0 Å². The highest BCUT2D eigenvalue weighted by Gasteiger charge is 2.45. The van der Waals surface area contributed by atoms with E-state index in [1.807, 2.05) is 12.1 Å². The predicted molar refractivity (Wildman–Crippen MR) is 137 cm³/mol. The molecule has 0 N–H and O–H groups in total. The standard InChI is InChI=1S/C32H24O2/c1-3-18-33-25-15-12-23(13-16-25)19-24-14-17-31-28(20-24)22(2)21-32(34-31)29-10-6-4-8-26(29)27-9-5-7-11-30(27)32/h1,4-17,20-21H,18-19H2,2H3. The van der Waals surface area contributed by atoms with Crippen molar-refractivity contribution in [2.75, 3.05) is 6.61 Å². The van der Waals surface area contributed by atoms with Gasteiger partial charge in [-0.2, -0.15) is 0 Å². The molecule has 0 saturated heterocycles. The first-order valence-electron chi connectivity index (χ1n) is 11.5. The number of benzene rings is 4. The summed E-state index contributed by atoms with van der Waals surface area (Å²) in [6, 6.07) is 31.8. The van der Waals surface area contributed by atoms with Crippen molar-refractivity contribution in [3.63, 3.8) is 0 Å². The van der Waals surface area contributed by atoms with Crippen LogP contribution < -0.4 is 9.47 Å². The Kier molecular flexibility index (Phi) is 4.78. The third-order valence-corrected chi connectivity index (χ3v) is 6.76. The topological polar surface area (TPSA) is 18.5 Å². The van der Waals surface area contributed by atoms with Gasteiger partial charge in [0, 0.05) is 16.7 Å². The van der Waals surface area contributed by atoms with Crippen molar-refractivity contribution in [1.29, 1.82) is 0 Å². The SMILES string of the molecule is C#CCOc1ccc(Cc2ccc3c(c2)C(C)=CC2(O3)c3ccccc3-c3ccccc32)cc1. The third-order valence-electron chi connectivity index (χ3n) is 6.76. The molecular weight excluding hydrogens is 416 g/mol. The Morgan fingerprint density at radius 3 is 2.12 bits per heavy atom. The fourth-order valence-corrected chi connectivity index (χ4v) is 5.23. The van der Waals surface area contributed by atoms with Crippen LogP contribution in [0, 0.1) is 12.3 Å². The maximum absolute atomic E-state index is 6.85. The van der Waals surface area contributed by atoms with Gasteiger partial charge in [-0.15, -0.1) is 6.42 Å². The Morgan fingerprint density at radius 2 is 1.44 bits per heavy atom. The molecule has 4 aromatic carbocycles. The summed E-state index contributed by atoms with van der Waals surface area (Å²) >= 11 is 0. The van der Waals surface area contributed by atoms with Crippen molar-refractivity contribution in [3.05, 3.63) is 125 Å². The number of rotatable bonds is 4. The molecule has 6 rings (SSSR count). The van der Waals surface area contributed by atoms with Gasteiger partial charge in [0.1, 0.15) is 18.1 Å². The average molecular weight is 441 g/mol. The summed E-state index contributed by atoms with van der Waals surface area (Å²) < 4.78 is 12.3. The van der Waals surface area contributed by atoms with Gasteiger partial charge in [-0.3, -0.25) is 0 Å². The van der Waals surface area contributed by atoms with Gasteiger partial charge in [0.2, 0.25) is 0 Å². The van der Waals surface area contributed by atoms with E-state index in [1.54, 1.807) is 0 Å². The minimum absolute atomic E-state index is 0.284. The van der Waals surface area contributed by atoms with E-state index in [0.717, 1.165) is 23.5 Å². The highest BCUT2D eigenvalue weighted by atomic mass is 16.5. The molecule has 1 aliphatic heterocycles. The largest absolute Gasteiger partial charge is 0.481 e. The van der Waals surface area contributed by atoms with E-state index in [0.29, 0.717) is 0 Å². The summed E-state index contributed by atoms with van der Waals surface area (Å²) in [5.41, 5.74) is 9.17. The van der Waals surface area contributed by atoms with Crippen LogP contribution in [-0.4, -0.2) is 6.61 Å². The fraction of sp³-hybridized carbons (Fsp3) is 0.125. The zero-order chi connectivity index (χ0) is 23.1. The lowest BCUT2D eigenvalue weighted by molar-refractivity contribution is 0.165. The maximum Gasteiger partial charge on any atom is 0.179 e. The summed E-state index contributed by atoms with van der Waals surface area (Å²) in [5, 5.41) is 0. The maximum atomic E-state index is 6.85. The highest BCUT2D eigenvalue weighted by molar-refractivity contribution is 5.85. The Bertz CT molecular complexity index is 1420. The quantitative estimate of drug-likeness (QED) is 0.318. The van der Waals surface area contributed by atoms with Crippen LogP contribution in [0.15, 0.2) is 97.1 Å². The Labute approximate surface area is 200 Å². The molecule has 2 heteroatoms. The summed E-state index contributed by atoms with van der Waals surface area (Å²) in [6.45, 7) is 2.47. The molecule has 34 heavy (non-hydrogen) atoms. The first-order valence-corrected chi connectivity index (χ1v) is 11.5. The molecule has 164 valence electrons. The van der Waals surface area contributed by atoms with Gasteiger partial charge < -0.3 is 9.47 Å². The van der Waals surface area contributed by atoms with Gasteiger partial charge in [-0.25, -0.2) is 0 Å². The second kappa shape index (κ2) is 7.97. The van der Waals surface area contributed by atoms with Crippen LogP contribution in [0.1, 0.15) is 34.7 Å². The average Bonchev–Trinajstić information content (AvgIpc) is 3.13. The molecule has 1 heterocycles. The summed E-state index contributed by atoms with van der Waals surface area (Å²) in [6.07, 6.45) is 8.40. The second-order valence-corrected chi connectivity index (χ2v) is 8.90. The lowest BCUT2D eigenvalue weighted by Crippen LogP contribution is -2.33. The van der Waals surface area contributed by atoms with Gasteiger partial charge in [-0.05, 0) is 71.5 Å². The smallest absolute Gasteiger partial charge is 0.179 e. The summed E-state index contributed by atoms with van der Waals surface area (Å²) in [4.78, 5) is 0. The lowest BCUT2D eigenvalue weighted by Gasteiger charge is -2.35. The van der Waals surface area contributed by atoms with Gasteiger partial charge >= 0.3 is 0 Å². The zero-order valence-corrected chi connectivity index (χ0v) is 19.0. The molecule has 1 aliphatic carbocycles. The molecule has 0 fully saturated rings. The minimum Gasteiger partial charge on any atom is -0.481 e. The molecule has 4 aromatic rings. The first kappa shape index (κ1) is 20.4. The van der Waals surface area contributed by atoms with Crippen LogP contribution in [0.2, 0.25) is 0 Å². The summed E-state index contributed by atoms with van der Waals surface area (Å²) in [5.74, 6) is 4.21. The molecule has 1 spiro atoms. The normalized spacial score (nSPS) is 14.3. The Morgan fingerprint density at radius 1 is 0.794 bits per heavy atom. The van der Waals surface area contributed by atoms with Crippen molar-refractivity contribution >= 4 is 5.57 Å². The lowest BCUT2D eigenvalue weighted by atomic mass is 9.85. The molecule has 0 amide bonds. The zero-order valence-electron chi connectivity index (χ0n) is 19.0. The highest BCUT2D eigenvalue weighted by Crippen LogP contribution is 2.54. The van der Waals surface area contributed by atoms with E-state index < -0.39 is 5.60 Å². The third kappa shape index (κ3) is 3.21. The number of allylic oxidation sites excluding steroid dienone is 1. The monoisotopic (exact) mass is 440 g/mol. The van der Waals surface area contributed by atoms with Crippen molar-refractivity contribution in [3.8, 4) is 35.0 Å². The molecule has 2 nitrogen and oxygen atoms in total. The molecule has 0 unspecified atom stereocenters. The first-order chi connectivity index (χ1) is 16.7. The molecule has 0 saturated carbocycles. The second-order valence-electron chi connectivity index (χ2n) is 8.90. The van der Waals surface area contributed by atoms with Gasteiger partial charge in [0.15, 0.2) is 5.60 Å². The van der Waals surface area contributed by atoms with Crippen molar-refractivity contribution in [2.45, 2.75) is 18.9 Å². The number of hydrogen-bond acceptors (Lipinski definition) is 2. The van der Waals surface area contributed by atoms with Gasteiger partial charge in [-0.1, -0.05) is 72.7 Å². The van der Waals surface area contributed by atoms with Crippen molar-refractivity contribution in [2.24, 2.45) is 0 Å². The molecular formula is C32H24O2. The molecule has 0 bridgehead atoms. The molecule has 0 radical (unpaired) electrons. The van der Waals surface area contributed by atoms with Crippen LogP contribution in [-0.2, 0) is 12.0 Å². The Hall–Kier alpha value is -4.22. The minimum atomic E-state index is -0.583. The molecule has 0 aromatic heterocycles. The van der Waals surface area contributed by atoms with Gasteiger partial charge in [0.25, 0.3) is 0 Å². The number of fused-ring (bicyclic) bond motifs is 6. The van der Waals surface area contributed by atoms with E-state index in [4.69, 9.17) is 15.9 Å². The van der Waals surface area contributed by atoms with E-state index in [-0.39, 0.29) is 6.61 Å². The number of terminal acetylenes is 1. The van der Waals surface area contributed by atoms with E-state index in [1.165, 1.54) is 39.0 Å². The fourth-order valence-electron chi connectivity index (χ4n) is 5.23. The van der Waals surface area contributed by atoms with Crippen LogP contribution in [0.5, 0.6) is 11.5 Å². The van der Waals surface area contributed by atoms with Gasteiger partial charge in [0.05, 0.1) is 0 Å². The number of hydrogen-bond donors (Lipinski definition) is 0. The number of ether oxygens (including phenoxy) is 2. The van der Waals surface area contributed by atoms with E-state index in [2.05, 4.69) is 97.8 Å². The van der Waals surface area contributed by atoms with Crippen LogP contribution in [0.25, 0.3) is 16.7 Å². The predicted octanol–water partition coefficient (Wildman–Crippen LogP) is 7.01. The van der Waals surface area contributed by atoms with E-state index in [9.17, 15) is 0 Å². The summed E-state index contributed by atoms with van der Waals surface area (Å²) in [7, 11) is 0. The Balaban J connectivity index is 1.34. The van der Waals surface area contributed by atoms with Crippen molar-refractivity contribution < 1.29 is 9.47 Å². The van der Waals surface area contributed by atoms with E-state index >= 15 is 0 Å². The van der Waals surface area contributed by atoms with Crippen LogP contribution >= 0.6 is 0 Å². The van der Waals surface area contributed by atoms with Crippen LogP contribution in [0.3, 0.4) is 0 Å². The molecule has 0 atom stereocenters.